The molecule has 2 rings (SSSR count). The third-order valence-electron chi connectivity index (χ3n) is 2.63. The quantitative estimate of drug-likeness (QED) is 0.624. The van der Waals surface area contributed by atoms with E-state index in [1.165, 1.54) is 11.0 Å². The average Bonchev–Trinajstić information content (AvgIpc) is 2.74. The first-order valence-corrected chi connectivity index (χ1v) is 6.81. The molecule has 1 amide bonds. The lowest BCUT2D eigenvalue weighted by molar-refractivity contribution is 0.0303. The van der Waals surface area contributed by atoms with Gasteiger partial charge in [0.2, 0.25) is 0 Å². The van der Waals surface area contributed by atoms with Crippen molar-refractivity contribution in [2.75, 3.05) is 31.3 Å². The lowest BCUT2D eigenvalue weighted by Gasteiger charge is -2.13. The number of cyclic esters (lactones) is 1. The van der Waals surface area contributed by atoms with Gasteiger partial charge in [-0.25, -0.2) is 9.18 Å². The number of hydrogen-bond donors (Lipinski definition) is 1. The molecule has 0 bridgehead atoms. The Morgan fingerprint density at radius 3 is 3.05 bits per heavy atom. The molecule has 0 saturated carbocycles. The Morgan fingerprint density at radius 2 is 2.37 bits per heavy atom. The van der Waals surface area contributed by atoms with Gasteiger partial charge >= 0.3 is 6.09 Å². The lowest BCUT2D eigenvalue weighted by Crippen LogP contribution is -2.26. The predicted octanol–water partition coefficient (Wildman–Crippen LogP) is 1.76. The molecule has 0 unspecified atom stereocenters. The summed E-state index contributed by atoms with van der Waals surface area (Å²) in [5, 5.41) is 8.59. The number of ether oxygens (including phenoxy) is 2. The van der Waals surface area contributed by atoms with Crippen LogP contribution in [0.3, 0.4) is 0 Å². The fraction of sp³-hybridized carbons (Fsp3) is 0.417. The number of nitrogens with zero attached hydrogens (tertiary/aromatic N) is 1. The fourth-order valence-electron chi connectivity index (χ4n) is 1.75. The topological polar surface area (TPSA) is 59.0 Å². The Balaban J connectivity index is 2.01. The van der Waals surface area contributed by atoms with E-state index in [1.807, 2.05) is 22.6 Å². The van der Waals surface area contributed by atoms with Crippen molar-refractivity contribution in [2.24, 2.45) is 0 Å². The smallest absolute Gasteiger partial charge is 0.414 e. The normalized spacial score (nSPS) is 18.8. The van der Waals surface area contributed by atoms with E-state index in [0.29, 0.717) is 15.8 Å². The van der Waals surface area contributed by atoms with Crippen molar-refractivity contribution in [3.05, 3.63) is 27.6 Å². The predicted molar refractivity (Wildman–Crippen MR) is 74.6 cm³/mol. The first kappa shape index (κ1) is 14.5. The van der Waals surface area contributed by atoms with Crippen LogP contribution in [0.25, 0.3) is 0 Å². The van der Waals surface area contributed by atoms with Crippen LogP contribution in [-0.2, 0) is 9.47 Å². The second-order valence-electron chi connectivity index (χ2n) is 4.01. The number of rotatable bonds is 5. The van der Waals surface area contributed by atoms with Crippen molar-refractivity contribution in [3.63, 3.8) is 0 Å². The highest BCUT2D eigenvalue weighted by atomic mass is 127. The van der Waals surface area contributed by atoms with Gasteiger partial charge in [0.15, 0.2) is 0 Å². The number of benzene rings is 1. The minimum atomic E-state index is -0.516. The van der Waals surface area contributed by atoms with Crippen LogP contribution in [0.15, 0.2) is 18.2 Å². The number of aliphatic hydroxyl groups is 1. The minimum absolute atomic E-state index is 0.0767. The molecule has 0 aliphatic carbocycles. The standard InChI is InChI=1S/C12H13FINO4/c13-10-5-8(1-2-11(10)14)15-6-9(19-12(15)17)7-18-4-3-16/h1-2,5,9,16H,3-4,6-7H2/t9-/m1/s1. The second-order valence-corrected chi connectivity index (χ2v) is 5.18. The van der Waals surface area contributed by atoms with Crippen LogP contribution in [0.1, 0.15) is 0 Å². The first-order chi connectivity index (χ1) is 9.11. The number of hydrogen-bond acceptors (Lipinski definition) is 4. The molecule has 1 aromatic rings. The van der Waals surface area contributed by atoms with Gasteiger partial charge in [-0.2, -0.15) is 0 Å². The Kier molecular flexibility index (Phi) is 4.94. The highest BCUT2D eigenvalue weighted by Gasteiger charge is 2.32. The molecule has 1 aromatic carbocycles. The van der Waals surface area contributed by atoms with Gasteiger partial charge in [-0.1, -0.05) is 0 Å². The van der Waals surface area contributed by atoms with E-state index in [2.05, 4.69) is 0 Å². The van der Waals surface area contributed by atoms with Crippen molar-refractivity contribution in [2.45, 2.75) is 6.10 Å². The average molecular weight is 381 g/mol. The largest absolute Gasteiger partial charge is 0.441 e. The molecule has 1 saturated heterocycles. The van der Waals surface area contributed by atoms with Crippen LogP contribution in [0.5, 0.6) is 0 Å². The zero-order valence-corrected chi connectivity index (χ0v) is 12.2. The molecule has 0 aromatic heterocycles. The van der Waals surface area contributed by atoms with Crippen molar-refractivity contribution in [1.29, 1.82) is 0 Å². The molecule has 1 N–H and O–H groups in total. The van der Waals surface area contributed by atoms with Crippen LogP contribution in [0.4, 0.5) is 14.9 Å². The van der Waals surface area contributed by atoms with Gasteiger partial charge in [-0.3, -0.25) is 4.90 Å². The van der Waals surface area contributed by atoms with E-state index in [9.17, 15) is 9.18 Å². The molecule has 1 atom stereocenters. The maximum Gasteiger partial charge on any atom is 0.414 e. The molecule has 1 aliphatic rings. The van der Waals surface area contributed by atoms with Crippen molar-refractivity contribution in [1.82, 2.24) is 0 Å². The molecule has 0 radical (unpaired) electrons. The summed E-state index contributed by atoms with van der Waals surface area (Å²) in [4.78, 5) is 13.1. The Morgan fingerprint density at radius 1 is 1.58 bits per heavy atom. The van der Waals surface area contributed by atoms with E-state index in [-0.39, 0.29) is 25.6 Å². The Labute approximate surface area is 123 Å². The Bertz CT molecular complexity index is 471. The van der Waals surface area contributed by atoms with Gasteiger partial charge in [-0.15, -0.1) is 0 Å². The zero-order chi connectivity index (χ0) is 13.8. The van der Waals surface area contributed by atoms with Crippen molar-refractivity contribution < 1.29 is 23.8 Å². The summed E-state index contributed by atoms with van der Waals surface area (Å²) in [5.41, 5.74) is 0.465. The monoisotopic (exact) mass is 381 g/mol. The maximum absolute atomic E-state index is 13.5. The zero-order valence-electron chi connectivity index (χ0n) is 10.0. The summed E-state index contributed by atoms with van der Waals surface area (Å²) in [6, 6.07) is 4.58. The van der Waals surface area contributed by atoms with E-state index >= 15 is 0 Å². The summed E-state index contributed by atoms with van der Waals surface area (Å²) >= 11 is 1.88. The van der Waals surface area contributed by atoms with Gasteiger partial charge in [0.25, 0.3) is 0 Å². The van der Waals surface area contributed by atoms with Crippen LogP contribution >= 0.6 is 22.6 Å². The third kappa shape index (κ3) is 3.54. The molecular formula is C12H13FINO4. The molecule has 1 heterocycles. The summed E-state index contributed by atoms with van der Waals surface area (Å²) in [5.74, 6) is -0.370. The van der Waals surface area contributed by atoms with E-state index in [0.717, 1.165) is 0 Å². The first-order valence-electron chi connectivity index (χ1n) is 5.73. The van der Waals surface area contributed by atoms with Crippen LogP contribution < -0.4 is 4.90 Å². The van der Waals surface area contributed by atoms with Crippen LogP contribution in [0.2, 0.25) is 0 Å². The van der Waals surface area contributed by atoms with E-state index < -0.39 is 12.2 Å². The molecule has 104 valence electrons. The van der Waals surface area contributed by atoms with Gasteiger partial charge in [0.05, 0.1) is 32.1 Å². The van der Waals surface area contributed by atoms with Crippen molar-refractivity contribution >= 4 is 34.4 Å². The van der Waals surface area contributed by atoms with Gasteiger partial charge in [0, 0.05) is 3.57 Å². The van der Waals surface area contributed by atoms with Gasteiger partial charge in [0.1, 0.15) is 11.9 Å². The molecule has 1 aliphatic heterocycles. The third-order valence-corrected chi connectivity index (χ3v) is 3.50. The summed E-state index contributed by atoms with van der Waals surface area (Å²) < 4.78 is 24.2. The van der Waals surface area contributed by atoms with E-state index in [4.69, 9.17) is 14.6 Å². The van der Waals surface area contributed by atoms with Gasteiger partial charge in [-0.05, 0) is 40.8 Å². The molecule has 19 heavy (non-hydrogen) atoms. The van der Waals surface area contributed by atoms with Gasteiger partial charge < -0.3 is 14.6 Å². The van der Waals surface area contributed by atoms with E-state index in [1.54, 1.807) is 12.1 Å². The maximum atomic E-state index is 13.5. The number of halogens is 2. The summed E-state index contributed by atoms with van der Waals surface area (Å²) in [7, 11) is 0. The lowest BCUT2D eigenvalue weighted by atomic mass is 10.2. The molecular weight excluding hydrogens is 368 g/mol. The number of anilines is 1. The molecule has 5 nitrogen and oxygen atoms in total. The number of carbonyl (C=O) groups is 1. The fourth-order valence-corrected chi connectivity index (χ4v) is 2.09. The summed E-state index contributed by atoms with van der Waals surface area (Å²) in [6.07, 6.45) is -0.917. The number of carbonyl (C=O) groups excluding carboxylic acids is 1. The number of aliphatic hydroxyl groups excluding tert-OH is 1. The number of amides is 1. The van der Waals surface area contributed by atoms with Crippen molar-refractivity contribution in [3.8, 4) is 0 Å². The van der Waals surface area contributed by atoms with Crippen LogP contribution in [-0.4, -0.2) is 43.7 Å². The molecule has 0 spiro atoms. The highest BCUT2D eigenvalue weighted by molar-refractivity contribution is 14.1. The minimum Gasteiger partial charge on any atom is -0.441 e. The SMILES string of the molecule is O=C1O[C@@H](COCCO)CN1c1ccc(I)c(F)c1. The highest BCUT2D eigenvalue weighted by Crippen LogP contribution is 2.24. The second kappa shape index (κ2) is 6.49. The Hall–Kier alpha value is -0.930. The molecule has 1 fully saturated rings. The summed E-state index contributed by atoms with van der Waals surface area (Å²) in [6.45, 7) is 0.652. The molecule has 7 heteroatoms. The van der Waals surface area contributed by atoms with Crippen LogP contribution in [0, 0.1) is 9.39 Å².